The van der Waals surface area contributed by atoms with E-state index in [0.717, 1.165) is 5.92 Å². The summed E-state index contributed by atoms with van der Waals surface area (Å²) in [7, 11) is 0. The Morgan fingerprint density at radius 1 is 0.391 bits per heavy atom. The zero-order valence-electron chi connectivity index (χ0n) is 17.6. The van der Waals surface area contributed by atoms with Gasteiger partial charge in [0.25, 0.3) is 0 Å². The number of hydrogen-bond donors (Lipinski definition) is 0. The second-order valence-corrected chi connectivity index (χ2v) is 7.57. The lowest BCUT2D eigenvalue weighted by atomic mass is 9.98. The number of unbranched alkanes of at least 4 members (excludes halogenated alkanes) is 12. The van der Waals surface area contributed by atoms with Crippen LogP contribution in [-0.4, -0.2) is 0 Å². The first-order valence-electron chi connectivity index (χ1n) is 11.2. The van der Waals surface area contributed by atoms with E-state index in [0.29, 0.717) is 0 Å². The molecule has 1 unspecified atom stereocenters. The summed E-state index contributed by atoms with van der Waals surface area (Å²) in [5, 5.41) is 0. The molecule has 0 aromatic carbocycles. The molecule has 0 heteroatoms. The maximum Gasteiger partial charge on any atom is -0.0443 e. The van der Waals surface area contributed by atoms with Gasteiger partial charge in [0.1, 0.15) is 0 Å². The van der Waals surface area contributed by atoms with Gasteiger partial charge in [-0.1, -0.05) is 144 Å². The van der Waals surface area contributed by atoms with E-state index in [1.54, 1.807) is 0 Å². The van der Waals surface area contributed by atoms with E-state index in [1.165, 1.54) is 109 Å². The Bertz CT molecular complexity index is 171. The van der Waals surface area contributed by atoms with Crippen LogP contribution in [0.3, 0.4) is 0 Å². The Morgan fingerprint density at radius 3 is 1.13 bits per heavy atom. The van der Waals surface area contributed by atoms with Gasteiger partial charge in [0.15, 0.2) is 0 Å². The molecule has 0 radical (unpaired) electrons. The standard InChI is InChI=1S/C18H38.C5H12/c1-4-6-7-8-9-10-11-12-13-14-15-17-18(3)16-5-2;1-3-5-4-2/h18H,4-17H2,1-3H3;3-5H2,1-2H3. The Balaban J connectivity index is 0. The van der Waals surface area contributed by atoms with Crippen LogP contribution in [0.25, 0.3) is 0 Å². The van der Waals surface area contributed by atoms with Crippen LogP contribution >= 0.6 is 0 Å². The molecule has 0 nitrogen and oxygen atoms in total. The van der Waals surface area contributed by atoms with Gasteiger partial charge < -0.3 is 0 Å². The lowest BCUT2D eigenvalue weighted by Gasteiger charge is -2.09. The summed E-state index contributed by atoms with van der Waals surface area (Å²) in [6, 6.07) is 0. The van der Waals surface area contributed by atoms with Crippen molar-refractivity contribution in [1.29, 1.82) is 0 Å². The van der Waals surface area contributed by atoms with Crippen molar-refractivity contribution in [3.8, 4) is 0 Å². The van der Waals surface area contributed by atoms with Crippen LogP contribution in [0.4, 0.5) is 0 Å². The molecular weight excluding hydrogens is 276 g/mol. The summed E-state index contributed by atoms with van der Waals surface area (Å²) >= 11 is 0. The average Bonchev–Trinajstić information content (AvgIpc) is 2.54. The maximum atomic E-state index is 2.42. The van der Waals surface area contributed by atoms with Crippen molar-refractivity contribution in [1.82, 2.24) is 0 Å². The third kappa shape index (κ3) is 27.2. The largest absolute Gasteiger partial charge is 0.0654 e. The highest BCUT2D eigenvalue weighted by Gasteiger charge is 1.99. The van der Waals surface area contributed by atoms with Crippen molar-refractivity contribution in [3.05, 3.63) is 0 Å². The van der Waals surface area contributed by atoms with Gasteiger partial charge in [-0.05, 0) is 5.92 Å². The van der Waals surface area contributed by atoms with Gasteiger partial charge in [-0.15, -0.1) is 0 Å². The third-order valence-corrected chi connectivity index (χ3v) is 4.79. The Hall–Kier alpha value is 0. The van der Waals surface area contributed by atoms with Crippen molar-refractivity contribution in [2.75, 3.05) is 0 Å². The molecule has 0 saturated heterocycles. The second kappa shape index (κ2) is 24.3. The van der Waals surface area contributed by atoms with Gasteiger partial charge in [0, 0.05) is 0 Å². The minimum atomic E-state index is 0.966. The van der Waals surface area contributed by atoms with E-state index >= 15 is 0 Å². The zero-order chi connectivity index (χ0) is 17.6. The highest BCUT2D eigenvalue weighted by Crippen LogP contribution is 2.16. The van der Waals surface area contributed by atoms with Crippen LogP contribution in [-0.2, 0) is 0 Å². The summed E-state index contributed by atoms with van der Waals surface area (Å²) < 4.78 is 0. The van der Waals surface area contributed by atoms with Crippen LogP contribution < -0.4 is 0 Å². The summed E-state index contributed by atoms with van der Waals surface area (Å²) in [6.45, 7) is 11.4. The lowest BCUT2D eigenvalue weighted by molar-refractivity contribution is 0.450. The molecule has 23 heavy (non-hydrogen) atoms. The zero-order valence-corrected chi connectivity index (χ0v) is 17.6. The van der Waals surface area contributed by atoms with E-state index in [1.807, 2.05) is 0 Å². The normalized spacial score (nSPS) is 11.9. The fourth-order valence-corrected chi connectivity index (χ4v) is 3.15. The van der Waals surface area contributed by atoms with E-state index in [2.05, 4.69) is 34.6 Å². The van der Waals surface area contributed by atoms with Crippen molar-refractivity contribution in [2.24, 2.45) is 5.92 Å². The molecule has 0 heterocycles. The van der Waals surface area contributed by atoms with Crippen molar-refractivity contribution in [3.63, 3.8) is 0 Å². The van der Waals surface area contributed by atoms with Crippen molar-refractivity contribution < 1.29 is 0 Å². The summed E-state index contributed by atoms with van der Waals surface area (Å²) in [5.74, 6) is 0.966. The first-order chi connectivity index (χ1) is 11.2. The molecule has 0 aliphatic carbocycles. The number of hydrogen-bond acceptors (Lipinski definition) is 0. The SMILES string of the molecule is CCCCC.CCCCCCCCCCCCCC(C)CCC. The molecular formula is C23H50. The van der Waals surface area contributed by atoms with Crippen molar-refractivity contribution >= 4 is 0 Å². The highest BCUT2D eigenvalue weighted by atomic mass is 14.1. The van der Waals surface area contributed by atoms with Gasteiger partial charge in [0.05, 0.1) is 0 Å². The van der Waals surface area contributed by atoms with Crippen LogP contribution in [0, 0.1) is 5.92 Å². The predicted octanol–water partition coefficient (Wildman–Crippen LogP) is 9.32. The molecule has 0 saturated carbocycles. The van der Waals surface area contributed by atoms with Gasteiger partial charge in [-0.3, -0.25) is 0 Å². The number of rotatable bonds is 16. The monoisotopic (exact) mass is 326 g/mol. The Morgan fingerprint density at radius 2 is 0.783 bits per heavy atom. The fourth-order valence-electron chi connectivity index (χ4n) is 3.15. The summed E-state index contributed by atoms with van der Waals surface area (Å²) in [6.07, 6.45) is 24.4. The van der Waals surface area contributed by atoms with Crippen LogP contribution in [0.5, 0.6) is 0 Å². The molecule has 1 atom stereocenters. The van der Waals surface area contributed by atoms with E-state index < -0.39 is 0 Å². The molecule has 0 aromatic heterocycles. The van der Waals surface area contributed by atoms with Crippen LogP contribution in [0.15, 0.2) is 0 Å². The van der Waals surface area contributed by atoms with Gasteiger partial charge >= 0.3 is 0 Å². The van der Waals surface area contributed by atoms with E-state index in [-0.39, 0.29) is 0 Å². The molecule has 142 valence electrons. The molecule has 0 aliphatic rings. The average molecular weight is 327 g/mol. The molecule has 0 aromatic rings. The minimum absolute atomic E-state index is 0.966. The highest BCUT2D eigenvalue weighted by molar-refractivity contribution is 4.53. The molecule has 0 bridgehead atoms. The van der Waals surface area contributed by atoms with Gasteiger partial charge in [-0.2, -0.15) is 0 Å². The first kappa shape index (κ1) is 25.2. The van der Waals surface area contributed by atoms with Crippen LogP contribution in [0.2, 0.25) is 0 Å². The van der Waals surface area contributed by atoms with E-state index in [4.69, 9.17) is 0 Å². The predicted molar refractivity (Wildman–Crippen MR) is 110 cm³/mol. The first-order valence-corrected chi connectivity index (χ1v) is 11.2. The van der Waals surface area contributed by atoms with E-state index in [9.17, 15) is 0 Å². The summed E-state index contributed by atoms with van der Waals surface area (Å²) in [5.41, 5.74) is 0. The Labute approximate surface area is 150 Å². The third-order valence-electron chi connectivity index (χ3n) is 4.79. The molecule has 0 fully saturated rings. The molecule has 0 amide bonds. The topological polar surface area (TPSA) is 0 Å². The fraction of sp³-hybridized carbons (Fsp3) is 1.00. The minimum Gasteiger partial charge on any atom is -0.0654 e. The van der Waals surface area contributed by atoms with Gasteiger partial charge in [-0.25, -0.2) is 0 Å². The van der Waals surface area contributed by atoms with Crippen LogP contribution in [0.1, 0.15) is 144 Å². The maximum absolute atomic E-state index is 2.42. The molecule has 0 rings (SSSR count). The van der Waals surface area contributed by atoms with Gasteiger partial charge in [0.2, 0.25) is 0 Å². The quantitative estimate of drug-likeness (QED) is 0.248. The summed E-state index contributed by atoms with van der Waals surface area (Å²) in [4.78, 5) is 0. The molecule has 0 aliphatic heterocycles. The lowest BCUT2D eigenvalue weighted by Crippen LogP contribution is -1.93. The molecule has 0 N–H and O–H groups in total. The second-order valence-electron chi connectivity index (χ2n) is 7.57. The Kier molecular flexibility index (Phi) is 26.6. The molecule has 0 spiro atoms. The van der Waals surface area contributed by atoms with Crippen molar-refractivity contribution in [2.45, 2.75) is 144 Å². The smallest absolute Gasteiger partial charge is 0.0443 e.